The van der Waals surface area contributed by atoms with E-state index in [0.29, 0.717) is 5.56 Å². The number of nitrogens with two attached hydrogens (primary N) is 1. The van der Waals surface area contributed by atoms with Crippen LogP contribution in [0.1, 0.15) is 48.9 Å². The third kappa shape index (κ3) is 3.15. The number of amides is 1. The zero-order valence-corrected chi connectivity index (χ0v) is 10.5. The van der Waals surface area contributed by atoms with Crippen LogP contribution in [0.5, 0.6) is 5.75 Å². The summed E-state index contributed by atoms with van der Waals surface area (Å²) in [6, 6.07) is 4.84. The number of hydrogen-bond acceptors (Lipinski definition) is 3. The van der Waals surface area contributed by atoms with Crippen LogP contribution in [0.15, 0.2) is 18.2 Å². The van der Waals surface area contributed by atoms with E-state index in [-0.39, 0.29) is 23.4 Å². The monoisotopic (exact) mass is 248 g/mol. The first-order chi connectivity index (χ1) is 8.66. The molecule has 0 spiro atoms. The minimum Gasteiger partial charge on any atom is -0.506 e. The van der Waals surface area contributed by atoms with Crippen molar-refractivity contribution in [3.05, 3.63) is 23.8 Å². The van der Waals surface area contributed by atoms with E-state index in [4.69, 9.17) is 5.73 Å². The van der Waals surface area contributed by atoms with Gasteiger partial charge in [0.2, 0.25) is 0 Å². The number of benzene rings is 1. The van der Waals surface area contributed by atoms with E-state index in [9.17, 15) is 9.90 Å². The normalized spacial score (nSPS) is 17.1. The zero-order chi connectivity index (χ0) is 13.0. The molecular formula is C14H20N2O2. The summed E-state index contributed by atoms with van der Waals surface area (Å²) in [5, 5.41) is 12.4. The van der Waals surface area contributed by atoms with E-state index >= 15 is 0 Å². The molecule has 0 aromatic heterocycles. The van der Waals surface area contributed by atoms with Gasteiger partial charge in [-0.15, -0.1) is 0 Å². The summed E-state index contributed by atoms with van der Waals surface area (Å²) >= 11 is 0. The Morgan fingerprint density at radius 3 is 2.50 bits per heavy atom. The van der Waals surface area contributed by atoms with Crippen LogP contribution in [-0.4, -0.2) is 17.1 Å². The van der Waals surface area contributed by atoms with Crippen molar-refractivity contribution >= 4 is 11.6 Å². The predicted octanol–water partition coefficient (Wildman–Crippen LogP) is 2.43. The van der Waals surface area contributed by atoms with E-state index in [1.54, 1.807) is 6.07 Å². The summed E-state index contributed by atoms with van der Waals surface area (Å²) in [5.41, 5.74) is 6.33. The summed E-state index contributed by atoms with van der Waals surface area (Å²) in [6.45, 7) is 0. The minimum atomic E-state index is -0.103. The van der Waals surface area contributed by atoms with Gasteiger partial charge in [0.05, 0.1) is 5.69 Å². The van der Waals surface area contributed by atoms with Crippen LogP contribution in [-0.2, 0) is 0 Å². The van der Waals surface area contributed by atoms with Crippen LogP contribution in [0, 0.1) is 0 Å². The Bertz CT molecular complexity index is 424. The fraction of sp³-hybridized carbons (Fsp3) is 0.500. The largest absolute Gasteiger partial charge is 0.506 e. The standard InChI is InChI=1S/C14H20N2O2/c15-12-9-10(7-8-13(12)17)14(18)16-11-5-3-1-2-4-6-11/h7-9,11,17H,1-6,15H2,(H,16,18). The molecule has 0 heterocycles. The molecule has 1 aliphatic carbocycles. The van der Waals surface area contributed by atoms with Gasteiger partial charge in [-0.2, -0.15) is 0 Å². The molecule has 2 rings (SSSR count). The number of phenolic OH excluding ortho intramolecular Hbond substituents is 1. The third-order valence-corrected chi connectivity index (χ3v) is 3.48. The fourth-order valence-corrected chi connectivity index (χ4v) is 2.39. The van der Waals surface area contributed by atoms with Crippen LogP contribution in [0.4, 0.5) is 5.69 Å². The molecule has 1 amide bonds. The zero-order valence-electron chi connectivity index (χ0n) is 10.5. The number of carbonyl (C=O) groups excluding carboxylic acids is 1. The van der Waals surface area contributed by atoms with Crippen LogP contribution < -0.4 is 11.1 Å². The molecule has 0 saturated heterocycles. The number of aromatic hydroxyl groups is 1. The van der Waals surface area contributed by atoms with E-state index in [1.807, 2.05) is 0 Å². The first kappa shape index (κ1) is 12.7. The molecule has 4 nitrogen and oxygen atoms in total. The lowest BCUT2D eigenvalue weighted by Gasteiger charge is -2.16. The van der Waals surface area contributed by atoms with Crippen LogP contribution >= 0.6 is 0 Å². The number of nitrogens with one attached hydrogen (secondary N) is 1. The highest BCUT2D eigenvalue weighted by molar-refractivity contribution is 5.95. The maximum atomic E-state index is 12.0. The molecular weight excluding hydrogens is 228 g/mol. The molecule has 1 saturated carbocycles. The van der Waals surface area contributed by atoms with Gasteiger partial charge in [-0.1, -0.05) is 25.7 Å². The summed E-state index contributed by atoms with van der Waals surface area (Å²) in [7, 11) is 0. The molecule has 0 atom stereocenters. The molecule has 0 radical (unpaired) electrons. The topological polar surface area (TPSA) is 75.4 Å². The predicted molar refractivity (Wildman–Crippen MR) is 71.5 cm³/mol. The lowest BCUT2D eigenvalue weighted by Crippen LogP contribution is -2.34. The minimum absolute atomic E-state index is 0.0148. The van der Waals surface area contributed by atoms with Crippen LogP contribution in [0.2, 0.25) is 0 Å². The van der Waals surface area contributed by atoms with Gasteiger partial charge in [0.25, 0.3) is 5.91 Å². The summed E-state index contributed by atoms with van der Waals surface area (Å²) in [5.74, 6) is -0.0883. The van der Waals surface area contributed by atoms with Crippen molar-refractivity contribution in [2.24, 2.45) is 0 Å². The Balaban J connectivity index is 1.99. The molecule has 0 aliphatic heterocycles. The summed E-state index contributed by atoms with van der Waals surface area (Å²) in [6.07, 6.45) is 7.00. The number of phenols is 1. The highest BCUT2D eigenvalue weighted by Crippen LogP contribution is 2.21. The number of anilines is 1. The second-order valence-corrected chi connectivity index (χ2v) is 4.94. The number of nitrogen functional groups attached to an aromatic ring is 1. The average molecular weight is 248 g/mol. The Labute approximate surface area is 107 Å². The smallest absolute Gasteiger partial charge is 0.251 e. The van der Waals surface area contributed by atoms with Gasteiger partial charge < -0.3 is 16.2 Å². The highest BCUT2D eigenvalue weighted by atomic mass is 16.3. The van der Waals surface area contributed by atoms with E-state index in [0.717, 1.165) is 12.8 Å². The average Bonchev–Trinajstić information content (AvgIpc) is 2.61. The second-order valence-electron chi connectivity index (χ2n) is 4.94. The van der Waals surface area contributed by atoms with E-state index in [2.05, 4.69) is 5.32 Å². The Hall–Kier alpha value is -1.71. The molecule has 1 fully saturated rings. The first-order valence-corrected chi connectivity index (χ1v) is 6.56. The maximum Gasteiger partial charge on any atom is 0.251 e. The van der Waals surface area contributed by atoms with Crippen molar-refractivity contribution < 1.29 is 9.90 Å². The van der Waals surface area contributed by atoms with Crippen molar-refractivity contribution in [2.45, 2.75) is 44.6 Å². The van der Waals surface area contributed by atoms with Crippen molar-refractivity contribution in [3.8, 4) is 5.75 Å². The highest BCUT2D eigenvalue weighted by Gasteiger charge is 2.16. The Kier molecular flexibility index (Phi) is 4.07. The third-order valence-electron chi connectivity index (χ3n) is 3.48. The van der Waals surface area contributed by atoms with Gasteiger partial charge in [0, 0.05) is 11.6 Å². The van der Waals surface area contributed by atoms with Gasteiger partial charge in [-0.3, -0.25) is 4.79 Å². The van der Waals surface area contributed by atoms with Gasteiger partial charge in [0.15, 0.2) is 0 Å². The second kappa shape index (κ2) is 5.76. The quantitative estimate of drug-likeness (QED) is 0.427. The van der Waals surface area contributed by atoms with Gasteiger partial charge in [-0.25, -0.2) is 0 Å². The molecule has 1 aromatic carbocycles. The maximum absolute atomic E-state index is 12.0. The fourth-order valence-electron chi connectivity index (χ4n) is 2.39. The molecule has 4 heteroatoms. The molecule has 0 unspecified atom stereocenters. The van der Waals surface area contributed by atoms with Crippen molar-refractivity contribution in [1.82, 2.24) is 5.32 Å². The van der Waals surface area contributed by atoms with Gasteiger partial charge >= 0.3 is 0 Å². The van der Waals surface area contributed by atoms with Gasteiger partial charge in [0.1, 0.15) is 5.75 Å². The molecule has 1 aliphatic rings. The summed E-state index contributed by atoms with van der Waals surface area (Å²) in [4.78, 5) is 12.0. The van der Waals surface area contributed by atoms with Crippen LogP contribution in [0.3, 0.4) is 0 Å². The number of rotatable bonds is 2. The first-order valence-electron chi connectivity index (χ1n) is 6.56. The van der Waals surface area contributed by atoms with Crippen molar-refractivity contribution in [1.29, 1.82) is 0 Å². The lowest BCUT2D eigenvalue weighted by atomic mass is 10.1. The van der Waals surface area contributed by atoms with Crippen LogP contribution in [0.25, 0.3) is 0 Å². The van der Waals surface area contributed by atoms with E-state index < -0.39 is 0 Å². The van der Waals surface area contributed by atoms with Crippen molar-refractivity contribution in [3.63, 3.8) is 0 Å². The van der Waals surface area contributed by atoms with E-state index in [1.165, 1.54) is 37.8 Å². The molecule has 4 N–H and O–H groups in total. The van der Waals surface area contributed by atoms with Gasteiger partial charge in [-0.05, 0) is 31.0 Å². The Morgan fingerprint density at radius 2 is 1.89 bits per heavy atom. The number of hydrogen-bond donors (Lipinski definition) is 3. The molecule has 98 valence electrons. The molecule has 0 bridgehead atoms. The SMILES string of the molecule is Nc1cc(C(=O)NC2CCCCCC2)ccc1O. The molecule has 1 aromatic rings. The lowest BCUT2D eigenvalue weighted by molar-refractivity contribution is 0.0933. The van der Waals surface area contributed by atoms with Crippen molar-refractivity contribution in [2.75, 3.05) is 5.73 Å². The Morgan fingerprint density at radius 1 is 1.22 bits per heavy atom. The summed E-state index contributed by atoms with van der Waals surface area (Å²) < 4.78 is 0. The number of carbonyl (C=O) groups is 1. The molecule has 18 heavy (non-hydrogen) atoms.